The minimum atomic E-state index is -0.201. The van der Waals surface area contributed by atoms with Gasteiger partial charge < -0.3 is 0 Å². The van der Waals surface area contributed by atoms with Crippen LogP contribution in [0.2, 0.25) is 0 Å². The zero-order valence-corrected chi connectivity index (χ0v) is 12.3. The smallest absolute Gasteiger partial charge is 0.123 e. The van der Waals surface area contributed by atoms with Gasteiger partial charge in [0.1, 0.15) is 5.82 Å². The van der Waals surface area contributed by atoms with Gasteiger partial charge >= 0.3 is 0 Å². The lowest BCUT2D eigenvalue weighted by molar-refractivity contribution is 0.386. The van der Waals surface area contributed by atoms with Gasteiger partial charge in [0.25, 0.3) is 0 Å². The highest BCUT2D eigenvalue weighted by Crippen LogP contribution is 2.22. The lowest BCUT2D eigenvalue weighted by Crippen LogP contribution is -2.47. The molecule has 2 aromatic rings. The zero-order valence-electron chi connectivity index (χ0n) is 11.1. The van der Waals surface area contributed by atoms with E-state index in [-0.39, 0.29) is 12.0 Å². The Balaban J connectivity index is 1.76. The van der Waals surface area contributed by atoms with E-state index in [1.165, 1.54) is 17.7 Å². The Morgan fingerprint density at radius 2 is 1.35 bits per heavy atom. The van der Waals surface area contributed by atoms with Crippen LogP contribution in [0.5, 0.6) is 0 Å². The summed E-state index contributed by atoms with van der Waals surface area (Å²) in [6.45, 7) is 2.00. The maximum atomic E-state index is 12.9. The number of rotatable bonds is 2. The minimum absolute atomic E-state index is 0.201. The molecule has 20 heavy (non-hydrogen) atoms. The van der Waals surface area contributed by atoms with E-state index in [2.05, 4.69) is 44.1 Å². The molecule has 3 rings (SSSR count). The maximum Gasteiger partial charge on any atom is 0.123 e. The molecule has 0 aliphatic carbocycles. The molecule has 0 spiro atoms. The molecular formula is C16H18FN2P. The topological polar surface area (TPSA) is 24.1 Å². The average Bonchev–Trinajstić information content (AvgIpc) is 2.49. The lowest BCUT2D eigenvalue weighted by Gasteiger charge is -2.29. The molecule has 0 saturated carbocycles. The Kier molecular flexibility index (Phi) is 4.11. The Bertz CT molecular complexity index is 560. The second kappa shape index (κ2) is 6.01. The van der Waals surface area contributed by atoms with Crippen molar-refractivity contribution >= 4 is 9.24 Å². The van der Waals surface area contributed by atoms with E-state index in [0.29, 0.717) is 5.66 Å². The molecule has 0 aromatic heterocycles. The van der Waals surface area contributed by atoms with Crippen molar-refractivity contribution in [1.29, 1.82) is 0 Å². The molecule has 1 heterocycles. The fraction of sp³-hybridized carbons (Fsp3) is 0.250. The second-order valence-electron chi connectivity index (χ2n) is 5.14. The first-order chi connectivity index (χ1) is 9.72. The molecule has 4 heteroatoms. The van der Waals surface area contributed by atoms with Crippen LogP contribution >= 0.6 is 9.24 Å². The van der Waals surface area contributed by atoms with Crippen LogP contribution in [0, 0.1) is 5.82 Å². The Labute approximate surface area is 121 Å². The molecule has 0 radical (unpaired) electrons. The molecule has 2 aromatic carbocycles. The number of halogens is 1. The summed E-state index contributed by atoms with van der Waals surface area (Å²) < 4.78 is 12.9. The largest absolute Gasteiger partial charge is 0.297 e. The third-order valence-electron chi connectivity index (χ3n) is 3.59. The first kappa shape index (κ1) is 13.7. The quantitative estimate of drug-likeness (QED) is 0.830. The summed E-state index contributed by atoms with van der Waals surface area (Å²) in [7, 11) is 2.83. The third-order valence-corrected chi connectivity index (χ3v) is 4.06. The molecule has 1 aliphatic rings. The van der Waals surface area contributed by atoms with Crippen molar-refractivity contribution in [2.24, 2.45) is 0 Å². The van der Waals surface area contributed by atoms with Gasteiger partial charge in [-0.1, -0.05) is 36.4 Å². The molecular weight excluding hydrogens is 270 g/mol. The fourth-order valence-corrected chi connectivity index (χ4v) is 2.70. The van der Waals surface area contributed by atoms with Crippen molar-refractivity contribution in [1.82, 2.24) is 10.6 Å². The van der Waals surface area contributed by atoms with E-state index in [4.69, 9.17) is 0 Å². The van der Waals surface area contributed by atoms with Crippen molar-refractivity contribution in [3.05, 3.63) is 59.9 Å². The molecule has 1 unspecified atom stereocenters. The highest BCUT2D eigenvalue weighted by atomic mass is 31.0. The zero-order chi connectivity index (χ0) is 13.9. The van der Waals surface area contributed by atoms with Crippen LogP contribution in [0.4, 0.5) is 4.39 Å². The number of benzene rings is 2. The Morgan fingerprint density at radius 3 is 1.90 bits per heavy atom. The number of nitrogens with one attached hydrogen (secondary N) is 2. The summed E-state index contributed by atoms with van der Waals surface area (Å²) in [5.74, 6) is -0.201. The fourth-order valence-electron chi connectivity index (χ4n) is 2.43. The van der Waals surface area contributed by atoms with E-state index in [0.717, 1.165) is 24.2 Å². The van der Waals surface area contributed by atoms with E-state index < -0.39 is 0 Å². The molecule has 0 bridgehead atoms. The highest BCUT2D eigenvalue weighted by molar-refractivity contribution is 7.17. The second-order valence-corrected chi connectivity index (χ2v) is 6.08. The molecule has 1 fully saturated rings. The van der Waals surface area contributed by atoms with Crippen molar-refractivity contribution in [2.75, 3.05) is 13.1 Å². The lowest BCUT2D eigenvalue weighted by atomic mass is 10.0. The van der Waals surface area contributed by atoms with Crippen LogP contribution in [0.25, 0.3) is 11.1 Å². The van der Waals surface area contributed by atoms with Crippen molar-refractivity contribution < 1.29 is 4.39 Å². The van der Waals surface area contributed by atoms with E-state index in [9.17, 15) is 4.39 Å². The van der Waals surface area contributed by atoms with E-state index in [1.54, 1.807) is 12.1 Å². The summed E-state index contributed by atoms with van der Waals surface area (Å²) in [5, 5.41) is 6.94. The SMILES string of the molecule is Fc1ccc(-c2ccc(C3NCC(P)CN3)cc2)cc1. The van der Waals surface area contributed by atoms with Crippen LogP contribution in [0.1, 0.15) is 11.7 Å². The van der Waals surface area contributed by atoms with Crippen LogP contribution in [0.15, 0.2) is 48.5 Å². The summed E-state index contributed by atoms with van der Waals surface area (Å²) in [6.07, 6.45) is 0.217. The van der Waals surface area contributed by atoms with Gasteiger partial charge in [-0.3, -0.25) is 10.6 Å². The van der Waals surface area contributed by atoms with Gasteiger partial charge in [-0.25, -0.2) is 4.39 Å². The van der Waals surface area contributed by atoms with Crippen molar-refractivity contribution in [3.63, 3.8) is 0 Å². The van der Waals surface area contributed by atoms with Gasteiger partial charge in [0.05, 0.1) is 6.17 Å². The summed E-state index contributed by atoms with van der Waals surface area (Å²) in [6, 6.07) is 15.0. The number of hydrogen-bond donors (Lipinski definition) is 2. The van der Waals surface area contributed by atoms with Gasteiger partial charge in [0.15, 0.2) is 0 Å². The van der Waals surface area contributed by atoms with Gasteiger partial charge in [-0.15, -0.1) is 9.24 Å². The van der Waals surface area contributed by atoms with Gasteiger partial charge in [0, 0.05) is 13.1 Å². The predicted octanol–water partition coefficient (Wildman–Crippen LogP) is 2.93. The molecule has 0 amide bonds. The van der Waals surface area contributed by atoms with Crippen molar-refractivity contribution in [2.45, 2.75) is 11.8 Å². The van der Waals surface area contributed by atoms with Gasteiger partial charge in [-0.05, 0) is 34.5 Å². The molecule has 2 N–H and O–H groups in total. The third kappa shape index (κ3) is 3.06. The van der Waals surface area contributed by atoms with Crippen LogP contribution in [0.3, 0.4) is 0 Å². The maximum absolute atomic E-state index is 12.9. The van der Waals surface area contributed by atoms with Gasteiger partial charge in [0.2, 0.25) is 0 Å². The van der Waals surface area contributed by atoms with Crippen LogP contribution in [-0.4, -0.2) is 18.7 Å². The predicted molar refractivity (Wildman–Crippen MR) is 84.1 cm³/mol. The molecule has 1 aliphatic heterocycles. The first-order valence-electron chi connectivity index (χ1n) is 6.80. The normalized spacial score (nSPS) is 22.7. The van der Waals surface area contributed by atoms with Crippen molar-refractivity contribution in [3.8, 4) is 11.1 Å². The minimum Gasteiger partial charge on any atom is -0.297 e. The standard InChI is InChI=1S/C16H18FN2P/c17-14-7-5-12(6-8-14)11-1-3-13(4-2-11)16-18-9-15(20)10-19-16/h1-8,15-16,18-19H,9-10,20H2. The Hall–Kier alpha value is -1.28. The summed E-state index contributed by atoms with van der Waals surface area (Å²) >= 11 is 0. The number of hydrogen-bond acceptors (Lipinski definition) is 2. The van der Waals surface area contributed by atoms with Crippen LogP contribution in [-0.2, 0) is 0 Å². The van der Waals surface area contributed by atoms with Crippen LogP contribution < -0.4 is 10.6 Å². The highest BCUT2D eigenvalue weighted by Gasteiger charge is 2.17. The Morgan fingerprint density at radius 1 is 0.850 bits per heavy atom. The van der Waals surface area contributed by atoms with E-state index >= 15 is 0 Å². The molecule has 1 atom stereocenters. The van der Waals surface area contributed by atoms with Gasteiger partial charge in [-0.2, -0.15) is 0 Å². The summed E-state index contributed by atoms with van der Waals surface area (Å²) in [4.78, 5) is 0. The molecule has 2 nitrogen and oxygen atoms in total. The monoisotopic (exact) mass is 288 g/mol. The molecule has 104 valence electrons. The first-order valence-corrected chi connectivity index (χ1v) is 7.47. The molecule has 1 saturated heterocycles. The summed E-state index contributed by atoms with van der Waals surface area (Å²) in [5.41, 5.74) is 3.96. The van der Waals surface area contributed by atoms with E-state index in [1.807, 2.05) is 0 Å². The average molecular weight is 288 g/mol.